The Bertz CT molecular complexity index is 560. The summed E-state index contributed by atoms with van der Waals surface area (Å²) in [5.41, 5.74) is -1.31. The van der Waals surface area contributed by atoms with Crippen LogP contribution in [0.3, 0.4) is 0 Å². The Kier molecular flexibility index (Phi) is 2.62. The fraction of sp³-hybridized carbons (Fsp3) is 0.125. The van der Waals surface area contributed by atoms with E-state index in [9.17, 15) is 18.0 Å². The number of carbonyl (C=O) groups is 1. The van der Waals surface area contributed by atoms with Crippen molar-refractivity contribution in [3.63, 3.8) is 0 Å². The second kappa shape index (κ2) is 3.84. The number of hydrogen-bond donors (Lipinski definition) is 1. The molecule has 0 aliphatic carbocycles. The van der Waals surface area contributed by atoms with Crippen molar-refractivity contribution < 1.29 is 23.1 Å². The first-order chi connectivity index (χ1) is 7.89. The largest absolute Gasteiger partial charge is 0.476 e. The highest BCUT2D eigenvalue weighted by Gasteiger charge is 2.35. The fourth-order valence-electron chi connectivity index (χ4n) is 1.13. The zero-order valence-electron chi connectivity index (χ0n) is 7.97. The predicted molar refractivity (Wildman–Crippen MR) is 51.2 cm³/mol. The van der Waals surface area contributed by atoms with E-state index in [2.05, 4.69) is 10.1 Å². The maximum Gasteiger partial charge on any atom is 0.433 e. The van der Waals surface area contributed by atoms with Gasteiger partial charge in [-0.1, -0.05) is 0 Å². The molecule has 9 heteroatoms. The Morgan fingerprint density at radius 1 is 1.47 bits per heavy atom. The molecule has 0 bridgehead atoms. The summed E-state index contributed by atoms with van der Waals surface area (Å²) in [5.74, 6) is -1.30. The van der Waals surface area contributed by atoms with Crippen LogP contribution >= 0.6 is 11.3 Å². The standard InChI is InChI=1S/C8H4F3N3O2S/c9-8(10,11)5-1-2-12-14(5)7-13-4(3-17-7)6(15)16/h1-3H,(H,15,16). The quantitative estimate of drug-likeness (QED) is 0.900. The summed E-state index contributed by atoms with van der Waals surface area (Å²) >= 11 is 0.774. The monoisotopic (exact) mass is 263 g/mol. The number of aromatic nitrogens is 3. The molecule has 5 nitrogen and oxygen atoms in total. The van der Waals surface area contributed by atoms with Crippen LogP contribution in [0.15, 0.2) is 17.6 Å². The molecular formula is C8H4F3N3O2S. The van der Waals surface area contributed by atoms with E-state index in [1.807, 2.05) is 0 Å². The summed E-state index contributed by atoms with van der Waals surface area (Å²) in [6.45, 7) is 0. The van der Waals surface area contributed by atoms with E-state index in [1.54, 1.807) is 0 Å². The Labute approximate surface area is 96.1 Å². The molecule has 2 aromatic rings. The van der Waals surface area contributed by atoms with Gasteiger partial charge >= 0.3 is 12.1 Å². The third-order valence-electron chi connectivity index (χ3n) is 1.83. The van der Waals surface area contributed by atoms with Crippen LogP contribution in [0.25, 0.3) is 5.13 Å². The molecule has 90 valence electrons. The van der Waals surface area contributed by atoms with Crippen molar-refractivity contribution in [1.29, 1.82) is 0 Å². The lowest BCUT2D eigenvalue weighted by Gasteiger charge is -2.06. The molecule has 1 N–H and O–H groups in total. The molecule has 0 fully saturated rings. The third kappa shape index (κ3) is 2.13. The fourth-order valence-corrected chi connectivity index (χ4v) is 1.90. The minimum atomic E-state index is -4.56. The van der Waals surface area contributed by atoms with Crippen LogP contribution in [0.5, 0.6) is 0 Å². The highest BCUT2D eigenvalue weighted by atomic mass is 32.1. The van der Waals surface area contributed by atoms with Gasteiger partial charge in [-0.2, -0.15) is 18.3 Å². The molecule has 0 radical (unpaired) electrons. The van der Waals surface area contributed by atoms with Gasteiger partial charge in [-0.3, -0.25) is 0 Å². The minimum absolute atomic E-state index is 0.139. The number of carboxylic acids is 1. The maximum absolute atomic E-state index is 12.5. The summed E-state index contributed by atoms with van der Waals surface area (Å²) < 4.78 is 38.2. The summed E-state index contributed by atoms with van der Waals surface area (Å²) in [6, 6.07) is 0.793. The number of nitrogens with zero attached hydrogens (tertiary/aromatic N) is 3. The van der Waals surface area contributed by atoms with E-state index in [0.717, 1.165) is 29.0 Å². The molecule has 0 spiro atoms. The molecule has 2 aromatic heterocycles. The molecule has 0 saturated carbocycles. The third-order valence-corrected chi connectivity index (χ3v) is 2.64. The number of alkyl halides is 3. The van der Waals surface area contributed by atoms with E-state index >= 15 is 0 Å². The second-order valence-electron chi connectivity index (χ2n) is 2.95. The van der Waals surface area contributed by atoms with Crippen molar-refractivity contribution in [2.24, 2.45) is 0 Å². The van der Waals surface area contributed by atoms with Crippen LogP contribution in [0.2, 0.25) is 0 Å². The first-order valence-electron chi connectivity index (χ1n) is 4.20. The molecule has 2 heterocycles. The molecule has 0 atom stereocenters. The van der Waals surface area contributed by atoms with Crippen molar-refractivity contribution in [1.82, 2.24) is 14.8 Å². The van der Waals surface area contributed by atoms with Gasteiger partial charge in [-0.25, -0.2) is 14.5 Å². The molecule has 0 aliphatic rings. The van der Waals surface area contributed by atoms with Crippen molar-refractivity contribution in [2.75, 3.05) is 0 Å². The van der Waals surface area contributed by atoms with Gasteiger partial charge in [0.05, 0.1) is 6.20 Å². The van der Waals surface area contributed by atoms with Crippen LogP contribution in [0.1, 0.15) is 16.2 Å². The van der Waals surface area contributed by atoms with Crippen LogP contribution in [-0.2, 0) is 6.18 Å². The predicted octanol–water partition coefficient (Wildman–Crippen LogP) is 2.05. The van der Waals surface area contributed by atoms with Gasteiger partial charge in [0.15, 0.2) is 11.4 Å². The van der Waals surface area contributed by atoms with E-state index < -0.39 is 17.8 Å². The second-order valence-corrected chi connectivity index (χ2v) is 3.78. The lowest BCUT2D eigenvalue weighted by molar-refractivity contribution is -0.142. The lowest BCUT2D eigenvalue weighted by atomic mass is 10.4. The molecule has 2 rings (SSSR count). The van der Waals surface area contributed by atoms with E-state index in [-0.39, 0.29) is 10.8 Å². The van der Waals surface area contributed by atoms with Crippen molar-refractivity contribution in [2.45, 2.75) is 6.18 Å². The summed E-state index contributed by atoms with van der Waals surface area (Å²) in [7, 11) is 0. The summed E-state index contributed by atoms with van der Waals surface area (Å²) in [5, 5.41) is 13.1. The Morgan fingerprint density at radius 2 is 2.18 bits per heavy atom. The number of hydrogen-bond acceptors (Lipinski definition) is 4. The highest BCUT2D eigenvalue weighted by Crippen LogP contribution is 2.31. The SMILES string of the molecule is O=C(O)c1csc(-n2nccc2C(F)(F)F)n1. The Hall–Kier alpha value is -1.90. The van der Waals surface area contributed by atoms with Gasteiger partial charge in [0, 0.05) is 5.38 Å². The van der Waals surface area contributed by atoms with Crippen LogP contribution in [0, 0.1) is 0 Å². The van der Waals surface area contributed by atoms with E-state index in [0.29, 0.717) is 4.68 Å². The number of carboxylic acid groups (broad SMARTS) is 1. The average Bonchev–Trinajstić information content (AvgIpc) is 2.85. The van der Waals surface area contributed by atoms with Gasteiger partial charge in [0.1, 0.15) is 0 Å². The number of thiazole rings is 1. The summed E-state index contributed by atoms with van der Waals surface area (Å²) in [4.78, 5) is 14.1. The zero-order valence-corrected chi connectivity index (χ0v) is 8.79. The van der Waals surface area contributed by atoms with Gasteiger partial charge in [-0.15, -0.1) is 11.3 Å². The van der Waals surface area contributed by atoms with Crippen LogP contribution in [0.4, 0.5) is 13.2 Å². The average molecular weight is 263 g/mol. The minimum Gasteiger partial charge on any atom is -0.476 e. The Morgan fingerprint density at radius 3 is 2.71 bits per heavy atom. The summed E-state index contributed by atoms with van der Waals surface area (Å²) in [6.07, 6.45) is -3.59. The van der Waals surface area contributed by atoms with Gasteiger partial charge in [0.25, 0.3) is 0 Å². The topological polar surface area (TPSA) is 68.0 Å². The first kappa shape index (κ1) is 11.6. The molecule has 0 saturated heterocycles. The maximum atomic E-state index is 12.5. The van der Waals surface area contributed by atoms with Crippen LogP contribution in [-0.4, -0.2) is 25.8 Å². The molecule has 0 aliphatic heterocycles. The normalized spacial score (nSPS) is 11.7. The van der Waals surface area contributed by atoms with Gasteiger partial charge in [0.2, 0.25) is 5.13 Å². The van der Waals surface area contributed by atoms with Crippen LogP contribution < -0.4 is 0 Å². The number of aromatic carboxylic acids is 1. The molecular weight excluding hydrogens is 259 g/mol. The number of rotatable bonds is 2. The molecule has 0 amide bonds. The van der Waals surface area contributed by atoms with E-state index in [1.165, 1.54) is 0 Å². The van der Waals surface area contributed by atoms with Crippen molar-refractivity contribution >= 4 is 17.3 Å². The van der Waals surface area contributed by atoms with Gasteiger partial charge in [-0.05, 0) is 6.07 Å². The van der Waals surface area contributed by atoms with Gasteiger partial charge < -0.3 is 5.11 Å². The van der Waals surface area contributed by atoms with E-state index in [4.69, 9.17) is 5.11 Å². The molecule has 0 unspecified atom stereocenters. The van der Waals surface area contributed by atoms with Crippen molar-refractivity contribution in [3.8, 4) is 5.13 Å². The number of halogens is 3. The zero-order chi connectivity index (χ0) is 12.6. The molecule has 0 aromatic carbocycles. The smallest absolute Gasteiger partial charge is 0.433 e. The highest BCUT2D eigenvalue weighted by molar-refractivity contribution is 7.12. The first-order valence-corrected chi connectivity index (χ1v) is 5.08. The van der Waals surface area contributed by atoms with Crippen molar-refractivity contribution in [3.05, 3.63) is 29.0 Å². The Balaban J connectivity index is 2.47. The molecule has 17 heavy (non-hydrogen) atoms. The lowest BCUT2D eigenvalue weighted by Crippen LogP contribution is -2.13.